The lowest BCUT2D eigenvalue weighted by molar-refractivity contribution is 0.314. The van der Waals surface area contributed by atoms with Crippen LogP contribution in [0.15, 0.2) is 35.1 Å². The molecule has 0 N–H and O–H groups in total. The average Bonchev–Trinajstić information content (AvgIpc) is 2.58. The van der Waals surface area contributed by atoms with Crippen LogP contribution in [0.25, 0.3) is 0 Å². The van der Waals surface area contributed by atoms with Crippen LogP contribution in [0.3, 0.4) is 0 Å². The third-order valence-electron chi connectivity index (χ3n) is 2.35. The Bertz CT molecular complexity index is 500. The molecule has 6 nitrogen and oxygen atoms in total. The van der Waals surface area contributed by atoms with Crippen LogP contribution in [0.2, 0.25) is 0 Å². The summed E-state index contributed by atoms with van der Waals surface area (Å²) < 4.78 is 10.9. The lowest BCUT2D eigenvalue weighted by Crippen LogP contribution is -1.97. The number of nitrogens with zero attached hydrogens (tertiary/aromatic N) is 4. The Kier molecular flexibility index (Phi) is 7.24. The fourth-order valence-corrected chi connectivity index (χ4v) is 2.85. The standard InChI is InChI=1S/C14H18N4O2S2/c1-3-5-19-11-7-15-13(16-8-11)21-22-14-17-9-12(10-18-14)20-6-4-2/h7-10H,3-6H2,1-2H3. The molecule has 0 unspecified atom stereocenters. The summed E-state index contributed by atoms with van der Waals surface area (Å²) in [6.07, 6.45) is 8.62. The summed E-state index contributed by atoms with van der Waals surface area (Å²) in [7, 11) is 2.81. The van der Waals surface area contributed by atoms with Crippen molar-refractivity contribution in [2.24, 2.45) is 0 Å². The largest absolute Gasteiger partial charge is 0.490 e. The normalized spacial score (nSPS) is 10.5. The van der Waals surface area contributed by atoms with Gasteiger partial charge in [0.1, 0.15) is 0 Å². The van der Waals surface area contributed by atoms with Gasteiger partial charge in [0.2, 0.25) is 0 Å². The van der Waals surface area contributed by atoms with E-state index in [4.69, 9.17) is 9.47 Å². The van der Waals surface area contributed by atoms with Crippen LogP contribution in [0, 0.1) is 0 Å². The van der Waals surface area contributed by atoms with E-state index in [9.17, 15) is 0 Å². The zero-order valence-electron chi connectivity index (χ0n) is 12.6. The summed E-state index contributed by atoms with van der Waals surface area (Å²) in [6.45, 7) is 5.45. The second-order valence-electron chi connectivity index (χ2n) is 4.27. The first-order valence-corrected chi connectivity index (χ1v) is 9.21. The van der Waals surface area contributed by atoms with E-state index >= 15 is 0 Å². The predicted molar refractivity (Wildman–Crippen MR) is 87.4 cm³/mol. The Hall–Kier alpha value is -1.54. The van der Waals surface area contributed by atoms with Crippen molar-refractivity contribution >= 4 is 21.6 Å². The monoisotopic (exact) mass is 338 g/mol. The molecule has 0 amide bonds. The molecular weight excluding hydrogens is 320 g/mol. The van der Waals surface area contributed by atoms with Gasteiger partial charge in [-0.1, -0.05) is 13.8 Å². The highest BCUT2D eigenvalue weighted by Gasteiger charge is 2.04. The molecule has 0 aliphatic heterocycles. The van der Waals surface area contributed by atoms with Crippen molar-refractivity contribution in [3.8, 4) is 11.5 Å². The minimum absolute atomic E-state index is 0.642. The Balaban J connectivity index is 1.81. The van der Waals surface area contributed by atoms with Gasteiger partial charge < -0.3 is 9.47 Å². The molecule has 118 valence electrons. The van der Waals surface area contributed by atoms with Gasteiger partial charge in [0.05, 0.1) is 38.0 Å². The first-order valence-electron chi connectivity index (χ1n) is 7.06. The Morgan fingerprint density at radius 3 is 1.41 bits per heavy atom. The van der Waals surface area contributed by atoms with Gasteiger partial charge in [-0.2, -0.15) is 0 Å². The molecule has 0 spiro atoms. The molecule has 0 aromatic carbocycles. The molecule has 2 rings (SSSR count). The molecule has 0 radical (unpaired) electrons. The number of hydrogen-bond acceptors (Lipinski definition) is 8. The molecule has 2 aromatic heterocycles. The van der Waals surface area contributed by atoms with Crippen molar-refractivity contribution in [2.75, 3.05) is 13.2 Å². The van der Waals surface area contributed by atoms with Crippen molar-refractivity contribution in [1.82, 2.24) is 19.9 Å². The molecule has 0 aliphatic rings. The smallest absolute Gasteiger partial charge is 0.199 e. The van der Waals surface area contributed by atoms with Crippen LogP contribution in [0.4, 0.5) is 0 Å². The van der Waals surface area contributed by atoms with Crippen LogP contribution < -0.4 is 9.47 Å². The van der Waals surface area contributed by atoms with Crippen molar-refractivity contribution in [2.45, 2.75) is 37.0 Å². The van der Waals surface area contributed by atoms with E-state index in [1.165, 1.54) is 21.6 Å². The van der Waals surface area contributed by atoms with E-state index in [2.05, 4.69) is 33.8 Å². The molecule has 0 atom stereocenters. The lowest BCUT2D eigenvalue weighted by Gasteiger charge is -2.04. The van der Waals surface area contributed by atoms with E-state index in [1.54, 1.807) is 24.8 Å². The summed E-state index contributed by atoms with van der Waals surface area (Å²) in [6, 6.07) is 0. The van der Waals surface area contributed by atoms with Crippen molar-refractivity contribution in [3.63, 3.8) is 0 Å². The van der Waals surface area contributed by atoms with Crippen LogP contribution in [-0.4, -0.2) is 33.1 Å². The molecule has 0 aliphatic carbocycles. The van der Waals surface area contributed by atoms with Crippen LogP contribution in [0.1, 0.15) is 26.7 Å². The zero-order chi connectivity index (χ0) is 15.6. The molecule has 0 fully saturated rings. The van der Waals surface area contributed by atoms with E-state index in [-0.39, 0.29) is 0 Å². The van der Waals surface area contributed by atoms with Crippen molar-refractivity contribution in [1.29, 1.82) is 0 Å². The highest BCUT2D eigenvalue weighted by molar-refractivity contribution is 8.76. The van der Waals surface area contributed by atoms with E-state index in [0.717, 1.165) is 12.8 Å². The second-order valence-corrected chi connectivity index (χ2v) is 6.33. The molecular formula is C14H18N4O2S2. The van der Waals surface area contributed by atoms with Crippen LogP contribution >= 0.6 is 21.6 Å². The van der Waals surface area contributed by atoms with Gasteiger partial charge in [-0.3, -0.25) is 0 Å². The van der Waals surface area contributed by atoms with Gasteiger partial charge in [-0.25, -0.2) is 19.9 Å². The van der Waals surface area contributed by atoms with E-state index < -0.39 is 0 Å². The van der Waals surface area contributed by atoms with Crippen molar-refractivity contribution < 1.29 is 9.47 Å². The predicted octanol–water partition coefficient (Wildman–Crippen LogP) is 3.64. The fourth-order valence-electron chi connectivity index (χ4n) is 1.36. The third kappa shape index (κ3) is 5.69. The summed E-state index contributed by atoms with van der Waals surface area (Å²) in [4.78, 5) is 16.9. The van der Waals surface area contributed by atoms with Gasteiger partial charge in [0.25, 0.3) is 0 Å². The van der Waals surface area contributed by atoms with Crippen LogP contribution in [-0.2, 0) is 0 Å². The molecule has 22 heavy (non-hydrogen) atoms. The number of ether oxygens (including phenoxy) is 2. The molecule has 8 heteroatoms. The Labute approximate surface area is 137 Å². The molecule has 0 bridgehead atoms. The van der Waals surface area contributed by atoms with E-state index in [0.29, 0.717) is 35.0 Å². The average molecular weight is 338 g/mol. The molecule has 0 saturated carbocycles. The quantitative estimate of drug-likeness (QED) is 0.507. The minimum atomic E-state index is 0.642. The maximum absolute atomic E-state index is 5.44. The second kappa shape index (κ2) is 9.47. The fraction of sp³-hybridized carbons (Fsp3) is 0.429. The Morgan fingerprint density at radius 1 is 0.727 bits per heavy atom. The summed E-state index contributed by atoms with van der Waals surface area (Å²) >= 11 is 0. The lowest BCUT2D eigenvalue weighted by atomic mass is 10.5. The number of hydrogen-bond donors (Lipinski definition) is 0. The number of rotatable bonds is 9. The number of aromatic nitrogens is 4. The summed E-state index contributed by atoms with van der Waals surface area (Å²) in [5, 5.41) is 1.28. The molecule has 2 heterocycles. The maximum atomic E-state index is 5.44. The Morgan fingerprint density at radius 2 is 1.09 bits per heavy atom. The van der Waals surface area contributed by atoms with Gasteiger partial charge in [-0.15, -0.1) is 0 Å². The first kappa shape index (κ1) is 16.8. The summed E-state index contributed by atoms with van der Waals surface area (Å²) in [5.74, 6) is 1.37. The van der Waals surface area contributed by atoms with Gasteiger partial charge >= 0.3 is 0 Å². The maximum Gasteiger partial charge on any atom is 0.199 e. The van der Waals surface area contributed by atoms with Crippen molar-refractivity contribution in [3.05, 3.63) is 24.8 Å². The summed E-state index contributed by atoms with van der Waals surface area (Å²) in [5.41, 5.74) is 0. The molecule has 2 aromatic rings. The zero-order valence-corrected chi connectivity index (χ0v) is 14.2. The van der Waals surface area contributed by atoms with Gasteiger partial charge in [0.15, 0.2) is 21.8 Å². The highest BCUT2D eigenvalue weighted by atomic mass is 33.1. The van der Waals surface area contributed by atoms with E-state index in [1.807, 2.05) is 0 Å². The SMILES string of the molecule is CCCOc1cnc(SSc2ncc(OCCC)cn2)nc1. The first-order chi connectivity index (χ1) is 10.8. The van der Waals surface area contributed by atoms with Gasteiger partial charge in [0, 0.05) is 0 Å². The highest BCUT2D eigenvalue weighted by Crippen LogP contribution is 2.33. The van der Waals surface area contributed by atoms with Gasteiger partial charge in [-0.05, 0) is 34.4 Å². The van der Waals surface area contributed by atoms with Crippen LogP contribution in [0.5, 0.6) is 11.5 Å². The minimum Gasteiger partial charge on any atom is -0.490 e. The third-order valence-corrected chi connectivity index (χ3v) is 4.29. The topological polar surface area (TPSA) is 70.0 Å². The molecule has 0 saturated heterocycles.